The van der Waals surface area contributed by atoms with E-state index >= 15 is 0 Å². The summed E-state index contributed by atoms with van der Waals surface area (Å²) < 4.78 is 20.5. The van der Waals surface area contributed by atoms with Crippen LogP contribution in [0.4, 0.5) is 4.39 Å². The highest BCUT2D eigenvalue weighted by atomic mass is 19.1. The largest absolute Gasteiger partial charge is 0.439 e. The molecule has 146 valence electrons. The molecule has 1 amide bonds. The smallest absolute Gasteiger partial charge is 0.220 e. The number of halogens is 1. The minimum Gasteiger partial charge on any atom is -0.439 e. The summed E-state index contributed by atoms with van der Waals surface area (Å²) in [6.45, 7) is 4.35. The van der Waals surface area contributed by atoms with E-state index in [-0.39, 0.29) is 11.7 Å². The monoisotopic (exact) mass is 382 g/mol. The fraction of sp³-hybridized carbons (Fsp3) is 0.286. The minimum absolute atomic E-state index is 0.0252. The zero-order valence-corrected chi connectivity index (χ0v) is 16.2. The lowest BCUT2D eigenvalue weighted by Crippen LogP contribution is -2.23. The first-order valence-corrected chi connectivity index (χ1v) is 9.06. The molecule has 0 aliphatic carbocycles. The van der Waals surface area contributed by atoms with Crippen LogP contribution >= 0.6 is 0 Å². The number of carbonyl (C=O) groups excluding carboxylic acids is 1. The normalized spacial score (nSPS) is 10.7. The number of hydrogen-bond donors (Lipinski definition) is 1. The van der Waals surface area contributed by atoms with Crippen molar-refractivity contribution in [2.75, 3.05) is 0 Å². The van der Waals surface area contributed by atoms with Gasteiger partial charge >= 0.3 is 0 Å². The van der Waals surface area contributed by atoms with Gasteiger partial charge in [0.05, 0.1) is 5.69 Å². The standard InChI is InChI=1S/C21H23FN4O2/c1-14-19(15(2)26(3)25-14)8-9-20(27)23-12-16-7-10-21(24-13-16)28-18-6-4-5-17(22)11-18/h4-7,10-11,13H,8-9,12H2,1-3H3,(H,23,27). The van der Waals surface area contributed by atoms with Gasteiger partial charge in [-0.3, -0.25) is 9.48 Å². The Hall–Kier alpha value is -3.22. The van der Waals surface area contributed by atoms with Gasteiger partial charge in [0.25, 0.3) is 0 Å². The molecule has 0 bridgehead atoms. The Morgan fingerprint density at radius 2 is 2.07 bits per heavy atom. The summed E-state index contributed by atoms with van der Waals surface area (Å²) in [5.41, 5.74) is 4.03. The molecule has 7 heteroatoms. The van der Waals surface area contributed by atoms with Crippen LogP contribution in [-0.4, -0.2) is 20.7 Å². The van der Waals surface area contributed by atoms with Crippen molar-refractivity contribution in [1.82, 2.24) is 20.1 Å². The number of nitrogens with zero attached hydrogens (tertiary/aromatic N) is 3. The van der Waals surface area contributed by atoms with Crippen LogP contribution in [0, 0.1) is 19.7 Å². The van der Waals surface area contributed by atoms with Crippen molar-refractivity contribution in [3.05, 3.63) is 70.9 Å². The number of benzene rings is 1. The summed E-state index contributed by atoms with van der Waals surface area (Å²) in [5, 5.41) is 7.26. The number of ether oxygens (including phenoxy) is 1. The molecular formula is C21H23FN4O2. The molecule has 0 saturated carbocycles. The van der Waals surface area contributed by atoms with Gasteiger partial charge in [-0.15, -0.1) is 0 Å². The van der Waals surface area contributed by atoms with Gasteiger partial charge in [0, 0.05) is 44.0 Å². The molecule has 6 nitrogen and oxygen atoms in total. The maximum Gasteiger partial charge on any atom is 0.220 e. The van der Waals surface area contributed by atoms with Gasteiger partial charge in [0.2, 0.25) is 11.8 Å². The molecule has 1 N–H and O–H groups in total. The second-order valence-electron chi connectivity index (χ2n) is 6.61. The number of aryl methyl sites for hydroxylation is 2. The predicted octanol–water partition coefficient (Wildman–Crippen LogP) is 3.61. The van der Waals surface area contributed by atoms with Crippen LogP contribution in [0.2, 0.25) is 0 Å². The first-order valence-electron chi connectivity index (χ1n) is 9.06. The van der Waals surface area contributed by atoms with E-state index in [4.69, 9.17) is 4.74 Å². The molecular weight excluding hydrogens is 359 g/mol. The number of amides is 1. The molecule has 0 fully saturated rings. The second kappa shape index (κ2) is 8.65. The summed E-state index contributed by atoms with van der Waals surface area (Å²) >= 11 is 0. The number of pyridine rings is 1. The molecule has 1 aromatic carbocycles. The number of carbonyl (C=O) groups is 1. The Labute approximate surface area is 163 Å². The molecule has 0 atom stereocenters. The van der Waals surface area contributed by atoms with Crippen LogP contribution in [-0.2, 0) is 24.8 Å². The fourth-order valence-corrected chi connectivity index (χ4v) is 2.93. The van der Waals surface area contributed by atoms with E-state index in [9.17, 15) is 9.18 Å². The molecule has 0 aliphatic rings. The Balaban J connectivity index is 1.48. The maximum absolute atomic E-state index is 13.2. The zero-order chi connectivity index (χ0) is 20.1. The minimum atomic E-state index is -0.367. The first kappa shape index (κ1) is 19.5. The Morgan fingerprint density at radius 3 is 2.71 bits per heavy atom. The number of nitrogens with one attached hydrogen (secondary N) is 1. The highest BCUT2D eigenvalue weighted by molar-refractivity contribution is 5.76. The van der Waals surface area contributed by atoms with Crippen molar-refractivity contribution >= 4 is 5.91 Å². The van der Waals surface area contributed by atoms with E-state index in [0.717, 1.165) is 22.5 Å². The number of aromatic nitrogens is 3. The third-order valence-corrected chi connectivity index (χ3v) is 4.57. The maximum atomic E-state index is 13.2. The van der Waals surface area contributed by atoms with Crippen molar-refractivity contribution < 1.29 is 13.9 Å². The summed E-state index contributed by atoms with van der Waals surface area (Å²) in [6.07, 6.45) is 2.70. The number of hydrogen-bond acceptors (Lipinski definition) is 4. The number of rotatable bonds is 7. The van der Waals surface area contributed by atoms with E-state index in [0.29, 0.717) is 31.0 Å². The Kier molecular flexibility index (Phi) is 6.03. The average molecular weight is 382 g/mol. The third-order valence-electron chi connectivity index (χ3n) is 4.57. The summed E-state index contributed by atoms with van der Waals surface area (Å²) in [5.74, 6) is 0.356. The highest BCUT2D eigenvalue weighted by Crippen LogP contribution is 2.20. The molecule has 0 spiro atoms. The van der Waals surface area contributed by atoms with E-state index in [1.807, 2.05) is 31.6 Å². The summed E-state index contributed by atoms with van der Waals surface area (Å²) in [6, 6.07) is 9.38. The van der Waals surface area contributed by atoms with E-state index < -0.39 is 0 Å². The van der Waals surface area contributed by atoms with Gasteiger partial charge in [0.1, 0.15) is 11.6 Å². The van der Waals surface area contributed by atoms with Crippen LogP contribution in [0.5, 0.6) is 11.6 Å². The topological polar surface area (TPSA) is 69.0 Å². The van der Waals surface area contributed by atoms with Crippen molar-refractivity contribution in [3.8, 4) is 11.6 Å². The molecule has 0 aliphatic heterocycles. The molecule has 3 rings (SSSR count). The van der Waals surface area contributed by atoms with Crippen molar-refractivity contribution in [2.24, 2.45) is 7.05 Å². The van der Waals surface area contributed by atoms with Crippen LogP contribution in [0.15, 0.2) is 42.6 Å². The summed E-state index contributed by atoms with van der Waals surface area (Å²) in [4.78, 5) is 16.3. The van der Waals surface area contributed by atoms with Gasteiger partial charge in [-0.25, -0.2) is 9.37 Å². The Morgan fingerprint density at radius 1 is 1.25 bits per heavy atom. The van der Waals surface area contributed by atoms with E-state index in [1.54, 1.807) is 24.4 Å². The van der Waals surface area contributed by atoms with Crippen LogP contribution in [0.25, 0.3) is 0 Å². The lowest BCUT2D eigenvalue weighted by Gasteiger charge is -2.08. The molecule has 2 aromatic heterocycles. The quantitative estimate of drug-likeness (QED) is 0.678. The van der Waals surface area contributed by atoms with Gasteiger partial charge in [0.15, 0.2) is 0 Å². The highest BCUT2D eigenvalue weighted by Gasteiger charge is 2.11. The van der Waals surface area contributed by atoms with Gasteiger partial charge in [-0.1, -0.05) is 12.1 Å². The molecule has 2 heterocycles. The molecule has 28 heavy (non-hydrogen) atoms. The van der Waals surface area contributed by atoms with Crippen LogP contribution < -0.4 is 10.1 Å². The lowest BCUT2D eigenvalue weighted by molar-refractivity contribution is -0.121. The Bertz CT molecular complexity index is 967. The second-order valence-corrected chi connectivity index (χ2v) is 6.61. The SMILES string of the molecule is Cc1nn(C)c(C)c1CCC(=O)NCc1ccc(Oc2cccc(F)c2)nc1. The zero-order valence-electron chi connectivity index (χ0n) is 16.2. The fourth-order valence-electron chi connectivity index (χ4n) is 2.93. The first-order chi connectivity index (χ1) is 13.4. The van der Waals surface area contributed by atoms with Crippen molar-refractivity contribution in [1.29, 1.82) is 0 Å². The molecule has 0 unspecified atom stereocenters. The summed E-state index contributed by atoms with van der Waals surface area (Å²) in [7, 11) is 1.90. The van der Waals surface area contributed by atoms with Gasteiger partial charge in [-0.05, 0) is 43.5 Å². The lowest BCUT2D eigenvalue weighted by atomic mass is 10.1. The molecule has 0 radical (unpaired) electrons. The van der Waals surface area contributed by atoms with Crippen molar-refractivity contribution in [3.63, 3.8) is 0 Å². The van der Waals surface area contributed by atoms with E-state index in [2.05, 4.69) is 15.4 Å². The van der Waals surface area contributed by atoms with Gasteiger partial charge < -0.3 is 10.1 Å². The molecule has 3 aromatic rings. The van der Waals surface area contributed by atoms with Gasteiger partial charge in [-0.2, -0.15) is 5.10 Å². The predicted molar refractivity (Wildman–Crippen MR) is 104 cm³/mol. The molecule has 0 saturated heterocycles. The average Bonchev–Trinajstić information content (AvgIpc) is 2.91. The van der Waals surface area contributed by atoms with Crippen molar-refractivity contribution in [2.45, 2.75) is 33.2 Å². The van der Waals surface area contributed by atoms with E-state index in [1.165, 1.54) is 12.1 Å². The van der Waals surface area contributed by atoms with Crippen LogP contribution in [0.1, 0.15) is 28.9 Å². The third kappa shape index (κ3) is 4.94. The van der Waals surface area contributed by atoms with Crippen LogP contribution in [0.3, 0.4) is 0 Å².